The number of thioether (sulfide) groups is 1. The molecule has 0 bridgehead atoms. The summed E-state index contributed by atoms with van der Waals surface area (Å²) in [5.74, 6) is 1.24. The molecule has 2 aromatic rings. The van der Waals surface area contributed by atoms with Gasteiger partial charge in [0, 0.05) is 17.2 Å². The van der Waals surface area contributed by atoms with E-state index in [4.69, 9.17) is 15.7 Å². The van der Waals surface area contributed by atoms with E-state index in [1.54, 1.807) is 30.1 Å². The molecule has 0 radical (unpaired) electrons. The molecule has 0 aliphatic heterocycles. The van der Waals surface area contributed by atoms with Crippen LogP contribution in [0.4, 0.5) is 0 Å². The Kier molecular flexibility index (Phi) is 4.25. The van der Waals surface area contributed by atoms with Crippen molar-refractivity contribution >= 4 is 17.6 Å². The Balaban J connectivity index is 2.18. The molecule has 3 N–H and O–H groups in total. The second-order valence-corrected chi connectivity index (χ2v) is 4.52. The summed E-state index contributed by atoms with van der Waals surface area (Å²) in [6.07, 6.45) is 3.56. The lowest BCUT2D eigenvalue weighted by molar-refractivity contribution is 0.318. The first-order valence-electron chi connectivity index (χ1n) is 5.49. The van der Waals surface area contributed by atoms with Crippen LogP contribution in [0.15, 0.2) is 52.6 Å². The van der Waals surface area contributed by atoms with E-state index in [-0.39, 0.29) is 5.84 Å². The Morgan fingerprint density at radius 3 is 2.63 bits per heavy atom. The predicted molar refractivity (Wildman–Crippen MR) is 75.0 cm³/mol. The number of ether oxygens (including phenoxy) is 1. The number of pyridine rings is 1. The van der Waals surface area contributed by atoms with E-state index in [1.165, 1.54) is 4.90 Å². The molecule has 1 heterocycles. The minimum absolute atomic E-state index is 0.0526. The monoisotopic (exact) mass is 275 g/mol. The van der Waals surface area contributed by atoms with Gasteiger partial charge in [-0.3, -0.25) is 4.98 Å². The van der Waals surface area contributed by atoms with E-state index in [1.807, 2.05) is 30.5 Å². The standard InChI is InChI=1S/C13H13N3O2S/c1-19-11-4-2-9(3-5-11)18-10-6-7-15-12(8-10)13(14)16-17/h2-8,17H,1H3,(H2,14,16). The van der Waals surface area contributed by atoms with Gasteiger partial charge in [0.25, 0.3) is 0 Å². The number of hydrogen-bond acceptors (Lipinski definition) is 5. The summed E-state index contributed by atoms with van der Waals surface area (Å²) < 4.78 is 5.67. The Morgan fingerprint density at radius 2 is 2.00 bits per heavy atom. The third-order valence-corrected chi connectivity index (χ3v) is 3.14. The van der Waals surface area contributed by atoms with Gasteiger partial charge in [0.05, 0.1) is 0 Å². The summed E-state index contributed by atoms with van der Waals surface area (Å²) in [6, 6.07) is 11.0. The molecule has 98 valence electrons. The second kappa shape index (κ2) is 6.10. The molecule has 1 aromatic heterocycles. The molecule has 2 rings (SSSR count). The van der Waals surface area contributed by atoms with Crippen LogP contribution in [-0.2, 0) is 0 Å². The second-order valence-electron chi connectivity index (χ2n) is 3.64. The first-order chi connectivity index (χ1) is 9.22. The highest BCUT2D eigenvalue weighted by Gasteiger charge is 2.04. The van der Waals surface area contributed by atoms with Crippen molar-refractivity contribution in [3.63, 3.8) is 0 Å². The smallest absolute Gasteiger partial charge is 0.188 e. The van der Waals surface area contributed by atoms with E-state index in [0.29, 0.717) is 11.4 Å². The lowest BCUT2D eigenvalue weighted by Gasteiger charge is -2.07. The average molecular weight is 275 g/mol. The van der Waals surface area contributed by atoms with Crippen LogP contribution in [0.1, 0.15) is 5.69 Å². The molecule has 0 unspecified atom stereocenters. The van der Waals surface area contributed by atoms with Crippen LogP contribution >= 0.6 is 11.8 Å². The van der Waals surface area contributed by atoms with E-state index in [0.717, 1.165) is 5.75 Å². The largest absolute Gasteiger partial charge is 0.457 e. The zero-order chi connectivity index (χ0) is 13.7. The number of oxime groups is 1. The van der Waals surface area contributed by atoms with Crippen LogP contribution in [-0.4, -0.2) is 22.3 Å². The van der Waals surface area contributed by atoms with Gasteiger partial charge in [-0.05, 0) is 36.6 Å². The van der Waals surface area contributed by atoms with E-state index in [2.05, 4.69) is 10.1 Å². The third-order valence-electron chi connectivity index (χ3n) is 2.40. The van der Waals surface area contributed by atoms with Gasteiger partial charge in [0.2, 0.25) is 0 Å². The summed E-state index contributed by atoms with van der Waals surface area (Å²) in [6.45, 7) is 0. The van der Waals surface area contributed by atoms with Crippen LogP contribution in [0.3, 0.4) is 0 Å². The number of amidine groups is 1. The molecule has 6 heteroatoms. The maximum Gasteiger partial charge on any atom is 0.188 e. The summed E-state index contributed by atoms with van der Waals surface area (Å²) in [7, 11) is 0. The minimum Gasteiger partial charge on any atom is -0.457 e. The number of hydrogen-bond donors (Lipinski definition) is 2. The number of benzene rings is 1. The molecule has 0 amide bonds. The molecule has 0 fully saturated rings. The maximum atomic E-state index is 8.61. The van der Waals surface area contributed by atoms with Gasteiger partial charge < -0.3 is 15.7 Å². The zero-order valence-electron chi connectivity index (χ0n) is 10.3. The van der Waals surface area contributed by atoms with Crippen molar-refractivity contribution in [2.24, 2.45) is 10.9 Å². The van der Waals surface area contributed by atoms with E-state index >= 15 is 0 Å². The molecule has 0 aliphatic rings. The molecule has 0 saturated heterocycles. The molecule has 1 aromatic carbocycles. The molecular formula is C13H13N3O2S. The predicted octanol–water partition coefficient (Wildman–Crippen LogP) is 2.69. The van der Waals surface area contributed by atoms with Crippen LogP contribution in [0.5, 0.6) is 11.5 Å². The van der Waals surface area contributed by atoms with E-state index in [9.17, 15) is 0 Å². The molecule has 0 aliphatic carbocycles. The highest BCUT2D eigenvalue weighted by molar-refractivity contribution is 7.98. The molecule has 0 saturated carbocycles. The van der Waals surface area contributed by atoms with Crippen molar-refractivity contribution in [1.29, 1.82) is 0 Å². The first-order valence-corrected chi connectivity index (χ1v) is 6.71. The Labute approximate surface area is 115 Å². The fourth-order valence-corrected chi connectivity index (χ4v) is 1.85. The Hall–Kier alpha value is -2.21. The van der Waals surface area contributed by atoms with Crippen molar-refractivity contribution in [2.45, 2.75) is 4.90 Å². The highest BCUT2D eigenvalue weighted by Crippen LogP contribution is 2.24. The molecule has 19 heavy (non-hydrogen) atoms. The van der Waals surface area contributed by atoms with Gasteiger partial charge in [0.15, 0.2) is 5.84 Å². The van der Waals surface area contributed by atoms with Crippen molar-refractivity contribution < 1.29 is 9.94 Å². The Bertz CT molecular complexity index is 585. The lowest BCUT2D eigenvalue weighted by atomic mass is 10.3. The topological polar surface area (TPSA) is 80.7 Å². The normalized spacial score (nSPS) is 11.3. The summed E-state index contributed by atoms with van der Waals surface area (Å²) >= 11 is 1.67. The third kappa shape index (κ3) is 3.38. The summed E-state index contributed by atoms with van der Waals surface area (Å²) in [5.41, 5.74) is 5.84. The SMILES string of the molecule is CSc1ccc(Oc2ccnc(C(N)=NO)c2)cc1. The lowest BCUT2D eigenvalue weighted by Crippen LogP contribution is -2.14. The average Bonchev–Trinajstić information content (AvgIpc) is 2.47. The van der Waals surface area contributed by atoms with E-state index < -0.39 is 0 Å². The number of nitrogens with zero attached hydrogens (tertiary/aromatic N) is 2. The van der Waals surface area contributed by atoms with Crippen molar-refractivity contribution in [3.05, 3.63) is 48.3 Å². The number of rotatable bonds is 4. The first kappa shape index (κ1) is 13.2. The van der Waals surface area contributed by atoms with Gasteiger partial charge in [0.1, 0.15) is 17.2 Å². The van der Waals surface area contributed by atoms with Gasteiger partial charge in [-0.2, -0.15) is 0 Å². The molecule has 5 nitrogen and oxygen atoms in total. The Morgan fingerprint density at radius 1 is 1.26 bits per heavy atom. The number of aromatic nitrogens is 1. The van der Waals surface area contributed by atoms with Crippen LogP contribution in [0.2, 0.25) is 0 Å². The molecule has 0 atom stereocenters. The highest BCUT2D eigenvalue weighted by atomic mass is 32.2. The van der Waals surface area contributed by atoms with Crippen molar-refractivity contribution in [3.8, 4) is 11.5 Å². The summed E-state index contributed by atoms with van der Waals surface area (Å²) in [4.78, 5) is 5.15. The van der Waals surface area contributed by atoms with Gasteiger partial charge in [-0.1, -0.05) is 5.16 Å². The maximum absolute atomic E-state index is 8.61. The van der Waals surface area contributed by atoms with Crippen molar-refractivity contribution in [1.82, 2.24) is 4.98 Å². The zero-order valence-corrected chi connectivity index (χ0v) is 11.1. The van der Waals surface area contributed by atoms with Gasteiger partial charge >= 0.3 is 0 Å². The van der Waals surface area contributed by atoms with Crippen LogP contribution in [0.25, 0.3) is 0 Å². The molecular weight excluding hydrogens is 262 g/mol. The quantitative estimate of drug-likeness (QED) is 0.295. The van der Waals surface area contributed by atoms with Crippen LogP contribution in [0, 0.1) is 0 Å². The van der Waals surface area contributed by atoms with Crippen molar-refractivity contribution in [2.75, 3.05) is 6.26 Å². The van der Waals surface area contributed by atoms with Gasteiger partial charge in [-0.25, -0.2) is 0 Å². The van der Waals surface area contributed by atoms with Gasteiger partial charge in [-0.15, -0.1) is 11.8 Å². The summed E-state index contributed by atoms with van der Waals surface area (Å²) in [5, 5.41) is 11.5. The number of nitrogens with two attached hydrogens (primary N) is 1. The minimum atomic E-state index is -0.0526. The fraction of sp³-hybridized carbons (Fsp3) is 0.0769. The van der Waals surface area contributed by atoms with Crippen LogP contribution < -0.4 is 10.5 Å². The fourth-order valence-electron chi connectivity index (χ4n) is 1.45. The molecule has 0 spiro atoms.